The van der Waals surface area contributed by atoms with Crippen molar-refractivity contribution in [1.29, 1.82) is 0 Å². The number of benzene rings is 1. The summed E-state index contributed by atoms with van der Waals surface area (Å²) in [6.45, 7) is 3.68. The van der Waals surface area contributed by atoms with E-state index in [-0.39, 0.29) is 41.9 Å². The fourth-order valence-electron chi connectivity index (χ4n) is 4.62. The highest BCUT2D eigenvalue weighted by atomic mass is 16.5. The second kappa shape index (κ2) is 8.63. The summed E-state index contributed by atoms with van der Waals surface area (Å²) < 4.78 is 10.0. The van der Waals surface area contributed by atoms with Gasteiger partial charge in [0.15, 0.2) is 0 Å². The Morgan fingerprint density at radius 1 is 1.00 bits per heavy atom. The summed E-state index contributed by atoms with van der Waals surface area (Å²) in [6, 6.07) is 4.19. The third-order valence-electron chi connectivity index (χ3n) is 5.79. The van der Waals surface area contributed by atoms with Crippen LogP contribution < -0.4 is 5.32 Å². The van der Waals surface area contributed by atoms with E-state index in [4.69, 9.17) is 9.47 Å². The van der Waals surface area contributed by atoms with Gasteiger partial charge in [-0.25, -0.2) is 9.59 Å². The number of carboxylic acids is 1. The largest absolute Gasteiger partial charge is 0.481 e. The Morgan fingerprint density at radius 2 is 1.62 bits per heavy atom. The molecule has 1 amide bonds. The molecule has 8 heteroatoms. The predicted octanol–water partition coefficient (Wildman–Crippen LogP) is 2.73. The number of nitrogens with one attached hydrogen (secondary N) is 1. The van der Waals surface area contributed by atoms with E-state index in [2.05, 4.69) is 5.32 Å². The molecule has 0 unspecified atom stereocenters. The van der Waals surface area contributed by atoms with E-state index in [1.165, 1.54) is 18.2 Å². The summed E-state index contributed by atoms with van der Waals surface area (Å²) in [4.78, 5) is 49.1. The highest BCUT2D eigenvalue weighted by Crippen LogP contribution is 2.52. The van der Waals surface area contributed by atoms with Crippen LogP contribution in [0.1, 0.15) is 53.8 Å². The number of amides is 1. The lowest BCUT2D eigenvalue weighted by Crippen LogP contribution is -2.38. The van der Waals surface area contributed by atoms with Crippen molar-refractivity contribution in [2.75, 3.05) is 18.5 Å². The molecule has 156 valence electrons. The standard InChI is InChI=1S/C21H25NO7/c1-3-28-20(26)13-7-8-14(21(27)29-4-2)15(10-13)22-18(23)16-11-5-6-12(9-11)17(16)19(24)25/h7-8,10-12,16-17H,3-6,9H2,1-2H3,(H,22,23)(H,24,25)/t11-,12-,16+,17+/m0/s1. The molecular weight excluding hydrogens is 378 g/mol. The van der Waals surface area contributed by atoms with Crippen molar-refractivity contribution in [3.8, 4) is 0 Å². The number of carbonyl (C=O) groups excluding carboxylic acids is 3. The molecule has 29 heavy (non-hydrogen) atoms. The van der Waals surface area contributed by atoms with Crippen LogP contribution in [0, 0.1) is 23.7 Å². The van der Waals surface area contributed by atoms with E-state index in [0.29, 0.717) is 0 Å². The number of carbonyl (C=O) groups is 4. The maximum atomic E-state index is 13.0. The highest BCUT2D eigenvalue weighted by molar-refractivity contribution is 6.04. The average molecular weight is 403 g/mol. The molecule has 0 radical (unpaired) electrons. The van der Waals surface area contributed by atoms with Gasteiger partial charge in [-0.15, -0.1) is 0 Å². The van der Waals surface area contributed by atoms with Crippen molar-refractivity contribution in [3.63, 3.8) is 0 Å². The molecular formula is C21H25NO7. The molecule has 8 nitrogen and oxygen atoms in total. The molecule has 0 saturated heterocycles. The van der Waals surface area contributed by atoms with Gasteiger partial charge in [-0.2, -0.15) is 0 Å². The van der Waals surface area contributed by atoms with Gasteiger partial charge in [0.2, 0.25) is 5.91 Å². The van der Waals surface area contributed by atoms with Crippen LogP contribution in [0.3, 0.4) is 0 Å². The van der Waals surface area contributed by atoms with Gasteiger partial charge in [-0.3, -0.25) is 9.59 Å². The Morgan fingerprint density at radius 3 is 2.24 bits per heavy atom. The second-order valence-corrected chi connectivity index (χ2v) is 7.41. The lowest BCUT2D eigenvalue weighted by atomic mass is 9.78. The number of esters is 2. The van der Waals surface area contributed by atoms with Gasteiger partial charge in [0.25, 0.3) is 0 Å². The molecule has 1 aromatic rings. The SMILES string of the molecule is CCOC(=O)c1ccc(C(=O)OCC)c(NC(=O)[C@@H]2[C@H]3CC[C@@H](C3)[C@H]2C(=O)O)c1. The zero-order valence-corrected chi connectivity index (χ0v) is 16.5. The summed E-state index contributed by atoms with van der Waals surface area (Å²) in [7, 11) is 0. The number of anilines is 1. The van der Waals surface area contributed by atoms with Crippen molar-refractivity contribution >= 4 is 29.5 Å². The van der Waals surface area contributed by atoms with Gasteiger partial charge in [-0.05, 0) is 63.1 Å². The van der Waals surface area contributed by atoms with Crippen molar-refractivity contribution in [2.24, 2.45) is 23.7 Å². The number of hydrogen-bond donors (Lipinski definition) is 2. The van der Waals surface area contributed by atoms with Gasteiger partial charge < -0.3 is 19.9 Å². The van der Waals surface area contributed by atoms with Gasteiger partial charge >= 0.3 is 17.9 Å². The fraction of sp³-hybridized carbons (Fsp3) is 0.524. The van der Waals surface area contributed by atoms with Crippen molar-refractivity contribution in [1.82, 2.24) is 0 Å². The molecule has 2 N–H and O–H groups in total. The van der Waals surface area contributed by atoms with Crippen LogP contribution in [-0.4, -0.2) is 42.1 Å². The number of rotatable bonds is 7. The van der Waals surface area contributed by atoms with E-state index in [0.717, 1.165) is 19.3 Å². The molecule has 0 spiro atoms. The minimum Gasteiger partial charge on any atom is -0.481 e. The minimum atomic E-state index is -0.969. The number of fused-ring (bicyclic) bond motifs is 2. The summed E-state index contributed by atoms with van der Waals surface area (Å²) in [5.74, 6) is -4.01. The van der Waals surface area contributed by atoms with Crippen LogP contribution in [0.2, 0.25) is 0 Å². The van der Waals surface area contributed by atoms with E-state index in [9.17, 15) is 24.3 Å². The number of carboxylic acid groups (broad SMARTS) is 1. The Bertz CT molecular complexity index is 834. The molecule has 2 aliphatic rings. The highest BCUT2D eigenvalue weighted by Gasteiger charge is 2.54. The van der Waals surface area contributed by atoms with Crippen LogP contribution >= 0.6 is 0 Å². The van der Waals surface area contributed by atoms with Gasteiger partial charge in [-0.1, -0.05) is 0 Å². The van der Waals surface area contributed by atoms with Crippen LogP contribution in [0.25, 0.3) is 0 Å². The zero-order chi connectivity index (χ0) is 21.1. The normalized spacial score (nSPS) is 24.8. The number of aliphatic carboxylic acids is 1. The van der Waals surface area contributed by atoms with Crippen LogP contribution in [0.4, 0.5) is 5.69 Å². The molecule has 3 rings (SSSR count). The number of hydrogen-bond acceptors (Lipinski definition) is 6. The second-order valence-electron chi connectivity index (χ2n) is 7.41. The van der Waals surface area contributed by atoms with Gasteiger partial charge in [0.1, 0.15) is 0 Å². The molecule has 0 heterocycles. The van der Waals surface area contributed by atoms with E-state index in [1.807, 2.05) is 0 Å². The third-order valence-corrected chi connectivity index (χ3v) is 5.79. The van der Waals surface area contributed by atoms with Crippen LogP contribution in [0.5, 0.6) is 0 Å². The number of ether oxygens (including phenoxy) is 2. The Labute approximate surface area is 168 Å². The van der Waals surface area contributed by atoms with Crippen molar-refractivity contribution < 1.29 is 33.8 Å². The van der Waals surface area contributed by atoms with Gasteiger partial charge in [0, 0.05) is 0 Å². The monoisotopic (exact) mass is 403 g/mol. The van der Waals surface area contributed by atoms with Crippen LogP contribution in [0.15, 0.2) is 18.2 Å². The first-order valence-electron chi connectivity index (χ1n) is 9.89. The molecule has 2 saturated carbocycles. The van der Waals surface area contributed by atoms with Crippen LogP contribution in [-0.2, 0) is 19.1 Å². The maximum absolute atomic E-state index is 13.0. The first-order chi connectivity index (χ1) is 13.9. The van der Waals surface area contributed by atoms with E-state index < -0.39 is 35.7 Å². The minimum absolute atomic E-state index is 0.00337. The topological polar surface area (TPSA) is 119 Å². The molecule has 4 atom stereocenters. The van der Waals surface area contributed by atoms with Gasteiger partial charge in [0.05, 0.1) is 41.9 Å². The lowest BCUT2D eigenvalue weighted by molar-refractivity contribution is -0.148. The quantitative estimate of drug-likeness (QED) is 0.672. The Kier molecular flexibility index (Phi) is 6.20. The maximum Gasteiger partial charge on any atom is 0.340 e. The molecule has 1 aromatic carbocycles. The summed E-state index contributed by atoms with van der Waals surface area (Å²) in [5.41, 5.74) is 0.395. The summed E-state index contributed by atoms with van der Waals surface area (Å²) >= 11 is 0. The fourth-order valence-corrected chi connectivity index (χ4v) is 4.62. The molecule has 2 aliphatic carbocycles. The Hall–Kier alpha value is -2.90. The predicted molar refractivity (Wildman–Crippen MR) is 102 cm³/mol. The summed E-state index contributed by atoms with van der Waals surface area (Å²) in [5, 5.41) is 12.3. The van der Waals surface area contributed by atoms with E-state index >= 15 is 0 Å². The molecule has 2 bridgehead atoms. The lowest BCUT2D eigenvalue weighted by Gasteiger charge is -2.27. The van der Waals surface area contributed by atoms with Crippen molar-refractivity contribution in [2.45, 2.75) is 33.1 Å². The van der Waals surface area contributed by atoms with E-state index in [1.54, 1.807) is 13.8 Å². The first-order valence-corrected chi connectivity index (χ1v) is 9.89. The molecule has 0 aliphatic heterocycles. The molecule has 2 fully saturated rings. The van der Waals surface area contributed by atoms with Crippen molar-refractivity contribution in [3.05, 3.63) is 29.3 Å². The smallest absolute Gasteiger partial charge is 0.340 e. The Balaban J connectivity index is 1.90. The third kappa shape index (κ3) is 4.11. The first kappa shape index (κ1) is 20.8. The average Bonchev–Trinajstić information content (AvgIpc) is 3.29. The zero-order valence-electron chi connectivity index (χ0n) is 16.5. The summed E-state index contributed by atoms with van der Waals surface area (Å²) in [6.07, 6.45) is 2.36. The molecule has 0 aromatic heterocycles.